The minimum absolute atomic E-state index is 0.0519. The molecule has 0 saturated heterocycles. The fourth-order valence-electron chi connectivity index (χ4n) is 1.36. The summed E-state index contributed by atoms with van der Waals surface area (Å²) in [7, 11) is 0. The molecule has 0 unspecified atom stereocenters. The second-order valence-electron chi connectivity index (χ2n) is 3.43. The first-order chi connectivity index (χ1) is 7.86. The fraction of sp³-hybridized carbons (Fsp3) is 0.0769. The molecule has 0 heterocycles. The van der Waals surface area contributed by atoms with Crippen molar-refractivity contribution < 1.29 is 0 Å². The Morgan fingerprint density at radius 2 is 1.81 bits per heavy atom. The van der Waals surface area contributed by atoms with Gasteiger partial charge in [-0.05, 0) is 5.56 Å². The van der Waals surface area contributed by atoms with Crippen LogP contribution < -0.4 is 5.43 Å². The molecule has 80 valence electrons. The van der Waals surface area contributed by atoms with Gasteiger partial charge in [-0.25, -0.2) is 0 Å². The molecule has 1 aromatic carbocycles. The van der Waals surface area contributed by atoms with Crippen LogP contribution in [0.25, 0.3) is 5.70 Å². The average molecular weight is 211 g/mol. The van der Waals surface area contributed by atoms with E-state index in [4.69, 9.17) is 0 Å². The molecule has 1 N–H and O–H groups in total. The molecule has 1 aliphatic carbocycles. The molecule has 0 aliphatic heterocycles. The van der Waals surface area contributed by atoms with Crippen molar-refractivity contribution in [3.63, 3.8) is 0 Å². The topological polar surface area (TPSA) is 36.8 Å². The van der Waals surface area contributed by atoms with Gasteiger partial charge in [0.2, 0.25) is 0 Å². The summed E-state index contributed by atoms with van der Waals surface area (Å²) >= 11 is 0. The van der Waals surface area contributed by atoms with Gasteiger partial charge in [0.15, 0.2) is 0 Å². The lowest BCUT2D eigenvalue weighted by Crippen LogP contribution is -2.03. The number of allylic oxidation sites excluding steroid dienone is 2. The van der Waals surface area contributed by atoms with Gasteiger partial charge < -0.3 is 0 Å². The smallest absolute Gasteiger partial charge is 0.110 e. The molecule has 0 bridgehead atoms. The number of nitrogens with zero attached hydrogens (tertiary/aromatic N) is 2. The highest BCUT2D eigenvalue weighted by molar-refractivity contribution is 5.60. The van der Waals surface area contributed by atoms with E-state index in [0.717, 1.165) is 11.3 Å². The maximum Gasteiger partial charge on any atom is 0.110 e. The van der Waals surface area contributed by atoms with Crippen molar-refractivity contribution in [2.45, 2.75) is 6.04 Å². The number of hydrogen-bond donors (Lipinski definition) is 1. The lowest BCUT2D eigenvalue weighted by Gasteiger charge is -2.03. The highest BCUT2D eigenvalue weighted by Gasteiger charge is 2.00. The van der Waals surface area contributed by atoms with Crippen LogP contribution in [-0.2, 0) is 0 Å². The van der Waals surface area contributed by atoms with Crippen molar-refractivity contribution in [2.24, 2.45) is 10.3 Å². The van der Waals surface area contributed by atoms with E-state index in [1.807, 2.05) is 54.6 Å². The van der Waals surface area contributed by atoms with Crippen molar-refractivity contribution in [1.29, 1.82) is 0 Å². The van der Waals surface area contributed by atoms with Crippen molar-refractivity contribution in [3.8, 4) is 0 Å². The van der Waals surface area contributed by atoms with Crippen LogP contribution in [0.4, 0.5) is 0 Å². The molecule has 1 aromatic rings. The van der Waals surface area contributed by atoms with Crippen LogP contribution >= 0.6 is 0 Å². The van der Waals surface area contributed by atoms with E-state index in [2.05, 4.69) is 22.3 Å². The third kappa shape index (κ3) is 2.67. The van der Waals surface area contributed by atoms with Crippen molar-refractivity contribution in [3.05, 3.63) is 66.8 Å². The zero-order chi connectivity index (χ0) is 11.2. The summed E-state index contributed by atoms with van der Waals surface area (Å²) in [6, 6.07) is 9.88. The molecule has 1 aliphatic rings. The van der Waals surface area contributed by atoms with Crippen LogP contribution in [0.2, 0.25) is 0 Å². The van der Waals surface area contributed by atoms with Crippen LogP contribution in [0.5, 0.6) is 0 Å². The summed E-state index contributed by atoms with van der Waals surface area (Å²) in [6.45, 7) is 3.89. The van der Waals surface area contributed by atoms with Crippen LogP contribution in [0.3, 0.4) is 0 Å². The van der Waals surface area contributed by atoms with Gasteiger partial charge in [-0.3, -0.25) is 5.43 Å². The summed E-state index contributed by atoms with van der Waals surface area (Å²) in [5.41, 5.74) is 4.58. The minimum Gasteiger partial charge on any atom is -0.260 e. The quantitative estimate of drug-likeness (QED) is 0.603. The number of rotatable bonds is 4. The Kier molecular flexibility index (Phi) is 3.28. The Hall–Kier alpha value is -2.16. The predicted molar refractivity (Wildman–Crippen MR) is 65.5 cm³/mol. The van der Waals surface area contributed by atoms with E-state index in [1.165, 1.54) is 0 Å². The molecule has 3 heteroatoms. The highest BCUT2D eigenvalue weighted by atomic mass is 15.4. The van der Waals surface area contributed by atoms with Crippen LogP contribution in [0.1, 0.15) is 5.56 Å². The molecule has 0 aromatic heterocycles. The Bertz CT molecular complexity index is 432. The molecule has 0 amide bonds. The van der Waals surface area contributed by atoms with Crippen LogP contribution in [-0.4, -0.2) is 6.04 Å². The van der Waals surface area contributed by atoms with E-state index in [1.54, 1.807) is 0 Å². The lowest BCUT2D eigenvalue weighted by atomic mass is 10.2. The molecule has 2 rings (SSSR count). The molecule has 16 heavy (non-hydrogen) atoms. The molecule has 3 nitrogen and oxygen atoms in total. The van der Waals surface area contributed by atoms with Gasteiger partial charge in [0.25, 0.3) is 0 Å². The third-order valence-electron chi connectivity index (χ3n) is 2.23. The van der Waals surface area contributed by atoms with Crippen molar-refractivity contribution in [2.75, 3.05) is 0 Å². The number of nitrogens with one attached hydrogen (secondary N) is 1. The number of benzene rings is 1. The van der Waals surface area contributed by atoms with E-state index in [0.29, 0.717) is 0 Å². The normalized spacial score (nSPS) is 14.8. The van der Waals surface area contributed by atoms with Gasteiger partial charge in [0, 0.05) is 0 Å². The fourth-order valence-corrected chi connectivity index (χ4v) is 1.36. The summed E-state index contributed by atoms with van der Waals surface area (Å²) in [4.78, 5) is 0. The Morgan fingerprint density at radius 3 is 2.50 bits per heavy atom. The molecule has 0 fully saturated rings. The van der Waals surface area contributed by atoms with E-state index < -0.39 is 0 Å². The van der Waals surface area contributed by atoms with E-state index in [9.17, 15) is 0 Å². The minimum atomic E-state index is 0.0519. The van der Waals surface area contributed by atoms with Gasteiger partial charge in [-0.2, -0.15) is 5.11 Å². The zero-order valence-corrected chi connectivity index (χ0v) is 8.88. The van der Waals surface area contributed by atoms with Crippen LogP contribution in [0.15, 0.2) is 71.6 Å². The van der Waals surface area contributed by atoms with Gasteiger partial charge in [0.1, 0.15) is 6.04 Å². The largest absolute Gasteiger partial charge is 0.260 e. The van der Waals surface area contributed by atoms with Gasteiger partial charge in [-0.1, -0.05) is 66.4 Å². The Labute approximate surface area is 94.9 Å². The van der Waals surface area contributed by atoms with Crippen molar-refractivity contribution in [1.82, 2.24) is 5.43 Å². The highest BCUT2D eigenvalue weighted by Crippen LogP contribution is 2.09. The Morgan fingerprint density at radius 1 is 1.12 bits per heavy atom. The van der Waals surface area contributed by atoms with Gasteiger partial charge in [-0.15, -0.1) is 0 Å². The Balaban J connectivity index is 1.89. The van der Waals surface area contributed by atoms with E-state index in [-0.39, 0.29) is 6.04 Å². The van der Waals surface area contributed by atoms with Gasteiger partial charge >= 0.3 is 0 Å². The third-order valence-corrected chi connectivity index (χ3v) is 2.23. The average Bonchev–Trinajstić information content (AvgIpc) is 2.83. The standard InChI is InChI=1S/C13H13N3/c1-11(12-7-3-2-4-8-12)14-16-15-13-9-5-6-10-13/h2-10,13H,1H2,(H,14,15). The molecular formula is C13H13N3. The van der Waals surface area contributed by atoms with Crippen LogP contribution in [0, 0.1) is 0 Å². The maximum absolute atomic E-state index is 4.07. The monoisotopic (exact) mass is 211 g/mol. The first-order valence-electron chi connectivity index (χ1n) is 5.11. The summed E-state index contributed by atoms with van der Waals surface area (Å²) in [6.07, 6.45) is 7.85. The molecular weight excluding hydrogens is 198 g/mol. The SMILES string of the molecule is C=C(NN=NC1C=CC=C1)c1ccccc1. The molecule has 0 atom stereocenters. The first kappa shape index (κ1) is 10.4. The first-order valence-corrected chi connectivity index (χ1v) is 5.11. The van der Waals surface area contributed by atoms with Crippen molar-refractivity contribution >= 4 is 5.70 Å². The predicted octanol–water partition coefficient (Wildman–Crippen LogP) is 3.11. The lowest BCUT2D eigenvalue weighted by molar-refractivity contribution is 0.799. The van der Waals surface area contributed by atoms with E-state index >= 15 is 0 Å². The maximum atomic E-state index is 4.07. The second-order valence-corrected chi connectivity index (χ2v) is 3.43. The zero-order valence-electron chi connectivity index (χ0n) is 8.88. The second kappa shape index (κ2) is 5.07. The molecule has 0 saturated carbocycles. The van der Waals surface area contributed by atoms with Gasteiger partial charge in [0.05, 0.1) is 5.70 Å². The molecule has 0 spiro atoms. The summed E-state index contributed by atoms with van der Waals surface area (Å²) in [5, 5.41) is 7.97. The summed E-state index contributed by atoms with van der Waals surface area (Å²) < 4.78 is 0. The number of hydrogen-bond acceptors (Lipinski definition) is 2. The summed E-state index contributed by atoms with van der Waals surface area (Å²) in [5.74, 6) is 0. The molecule has 0 radical (unpaired) electrons.